The van der Waals surface area contributed by atoms with Gasteiger partial charge in [0.05, 0.1) is 0 Å². The Labute approximate surface area is 121 Å². The highest BCUT2D eigenvalue weighted by molar-refractivity contribution is 5.74. The van der Waals surface area contributed by atoms with Crippen LogP contribution in [0.5, 0.6) is 0 Å². The molecule has 1 aromatic rings. The Morgan fingerprint density at radius 1 is 1.55 bits per heavy atom. The van der Waals surface area contributed by atoms with Gasteiger partial charge in [0.15, 0.2) is 0 Å². The van der Waals surface area contributed by atoms with Crippen LogP contribution in [0.1, 0.15) is 44.8 Å². The van der Waals surface area contributed by atoms with Crippen LogP contribution >= 0.6 is 0 Å². The van der Waals surface area contributed by atoms with Gasteiger partial charge in [-0.1, -0.05) is 0 Å². The number of amides is 2. The van der Waals surface area contributed by atoms with Gasteiger partial charge in [-0.2, -0.15) is 0 Å². The predicted octanol–water partition coefficient (Wildman–Crippen LogP) is 2.37. The fourth-order valence-corrected chi connectivity index (χ4v) is 3.06. The highest BCUT2D eigenvalue weighted by Gasteiger charge is 2.27. The molecule has 2 heterocycles. The lowest BCUT2D eigenvalue weighted by Gasteiger charge is -2.18. The van der Waals surface area contributed by atoms with Gasteiger partial charge in [0.2, 0.25) is 0 Å². The van der Waals surface area contributed by atoms with Crippen LogP contribution in [0, 0.1) is 12.8 Å². The van der Waals surface area contributed by atoms with Gasteiger partial charge >= 0.3 is 6.03 Å². The molecule has 1 aromatic heterocycles. The van der Waals surface area contributed by atoms with Crippen LogP contribution in [0.15, 0.2) is 6.20 Å². The molecule has 1 fully saturated rings. The van der Waals surface area contributed by atoms with E-state index in [4.69, 9.17) is 0 Å². The lowest BCUT2D eigenvalue weighted by molar-refractivity contribution is 0.207. The van der Waals surface area contributed by atoms with E-state index in [1.54, 1.807) is 0 Å². The molecule has 1 unspecified atom stereocenters. The molecule has 1 aliphatic rings. The Bertz CT molecular complexity index is 466. The van der Waals surface area contributed by atoms with Crippen molar-refractivity contribution >= 4 is 6.03 Å². The number of aryl methyl sites for hydroxylation is 1. The summed E-state index contributed by atoms with van der Waals surface area (Å²) in [6.45, 7) is 10.8. The maximum atomic E-state index is 11.8. The van der Waals surface area contributed by atoms with Crippen LogP contribution in [0.25, 0.3) is 0 Å². The molecule has 2 amide bonds. The molecular weight excluding hydrogens is 252 g/mol. The summed E-state index contributed by atoms with van der Waals surface area (Å²) in [6.07, 6.45) is 3.98. The monoisotopic (exact) mass is 278 g/mol. The van der Waals surface area contributed by atoms with E-state index in [1.165, 1.54) is 5.69 Å². The number of urea groups is 1. The van der Waals surface area contributed by atoms with E-state index in [0.29, 0.717) is 18.5 Å². The minimum atomic E-state index is 0.0679. The first kappa shape index (κ1) is 14.9. The molecule has 1 N–H and O–H groups in total. The summed E-state index contributed by atoms with van der Waals surface area (Å²) in [4.78, 5) is 18.3. The molecule has 0 radical (unpaired) electrons. The summed E-state index contributed by atoms with van der Waals surface area (Å²) < 4.78 is 2.30. The van der Waals surface area contributed by atoms with E-state index >= 15 is 0 Å². The number of aromatic nitrogens is 2. The van der Waals surface area contributed by atoms with E-state index < -0.39 is 0 Å². The molecule has 1 atom stereocenters. The molecule has 0 bridgehead atoms. The molecule has 1 saturated heterocycles. The second kappa shape index (κ2) is 6.29. The van der Waals surface area contributed by atoms with Crippen LogP contribution in [0.2, 0.25) is 0 Å². The zero-order chi connectivity index (χ0) is 14.7. The third-order valence-electron chi connectivity index (χ3n) is 3.95. The van der Waals surface area contributed by atoms with Gasteiger partial charge in [0.25, 0.3) is 0 Å². The second-order valence-electron chi connectivity index (χ2n) is 5.92. The zero-order valence-corrected chi connectivity index (χ0v) is 13.0. The van der Waals surface area contributed by atoms with Crippen LogP contribution in [-0.4, -0.2) is 40.1 Å². The van der Waals surface area contributed by atoms with Gasteiger partial charge in [-0.15, -0.1) is 0 Å². The highest BCUT2D eigenvalue weighted by Crippen LogP contribution is 2.22. The first-order valence-corrected chi connectivity index (χ1v) is 7.58. The Morgan fingerprint density at radius 3 is 2.95 bits per heavy atom. The lowest BCUT2D eigenvalue weighted by Crippen LogP contribution is -2.38. The second-order valence-corrected chi connectivity index (χ2v) is 5.92. The standard InChI is InChI=1S/C15H26N4O/c1-5-16-15(20)18-7-6-13(10-18)8-14-17-9-12(4)19(14)11(2)3/h9,11,13H,5-8,10H2,1-4H3,(H,16,20). The first-order valence-electron chi connectivity index (χ1n) is 7.58. The summed E-state index contributed by atoms with van der Waals surface area (Å²) in [6, 6.07) is 0.506. The van der Waals surface area contributed by atoms with Crippen molar-refractivity contribution in [2.75, 3.05) is 19.6 Å². The number of carbonyl (C=O) groups excluding carboxylic acids is 1. The normalized spacial score (nSPS) is 18.9. The molecular formula is C15H26N4O. The zero-order valence-electron chi connectivity index (χ0n) is 13.0. The van der Waals surface area contributed by atoms with Crippen molar-refractivity contribution in [2.24, 2.45) is 5.92 Å². The third-order valence-corrected chi connectivity index (χ3v) is 3.95. The van der Waals surface area contributed by atoms with Gasteiger partial charge in [-0.05, 0) is 40.0 Å². The quantitative estimate of drug-likeness (QED) is 0.919. The van der Waals surface area contributed by atoms with Crippen LogP contribution in [-0.2, 0) is 6.42 Å². The summed E-state index contributed by atoms with van der Waals surface area (Å²) in [5, 5.41) is 2.87. The largest absolute Gasteiger partial charge is 0.338 e. The van der Waals surface area contributed by atoms with Crippen molar-refractivity contribution in [1.82, 2.24) is 19.8 Å². The van der Waals surface area contributed by atoms with Crippen molar-refractivity contribution in [3.63, 3.8) is 0 Å². The van der Waals surface area contributed by atoms with E-state index in [-0.39, 0.29) is 6.03 Å². The molecule has 112 valence electrons. The Hall–Kier alpha value is -1.52. The number of hydrogen-bond acceptors (Lipinski definition) is 2. The molecule has 0 aliphatic carbocycles. The number of nitrogens with zero attached hydrogens (tertiary/aromatic N) is 3. The molecule has 0 aromatic carbocycles. The van der Waals surface area contributed by atoms with Crippen molar-refractivity contribution in [3.05, 3.63) is 17.7 Å². The Balaban J connectivity index is 1.97. The van der Waals surface area contributed by atoms with Crippen molar-refractivity contribution in [2.45, 2.75) is 46.6 Å². The maximum Gasteiger partial charge on any atom is 0.317 e. The van der Waals surface area contributed by atoms with Gasteiger partial charge < -0.3 is 14.8 Å². The Kier molecular flexibility index (Phi) is 4.68. The van der Waals surface area contributed by atoms with E-state index in [1.807, 2.05) is 18.0 Å². The Morgan fingerprint density at radius 2 is 2.30 bits per heavy atom. The highest BCUT2D eigenvalue weighted by atomic mass is 16.2. The van der Waals surface area contributed by atoms with E-state index in [0.717, 1.165) is 31.8 Å². The SMILES string of the molecule is CCNC(=O)N1CCC(Cc2ncc(C)n2C(C)C)C1. The first-order chi connectivity index (χ1) is 9.52. The average Bonchev–Trinajstić information content (AvgIpc) is 2.97. The van der Waals surface area contributed by atoms with Crippen LogP contribution < -0.4 is 5.32 Å². The number of hydrogen-bond donors (Lipinski definition) is 1. The van der Waals surface area contributed by atoms with Gasteiger partial charge in [-0.3, -0.25) is 0 Å². The minimum Gasteiger partial charge on any atom is -0.338 e. The number of imidazole rings is 1. The fourth-order valence-electron chi connectivity index (χ4n) is 3.06. The molecule has 0 saturated carbocycles. The number of carbonyl (C=O) groups is 1. The molecule has 5 heteroatoms. The molecule has 1 aliphatic heterocycles. The maximum absolute atomic E-state index is 11.8. The summed E-state index contributed by atoms with van der Waals surface area (Å²) in [5.74, 6) is 1.68. The predicted molar refractivity (Wildman–Crippen MR) is 79.8 cm³/mol. The van der Waals surface area contributed by atoms with Crippen molar-refractivity contribution in [3.8, 4) is 0 Å². The molecule has 20 heavy (non-hydrogen) atoms. The smallest absolute Gasteiger partial charge is 0.317 e. The van der Waals surface area contributed by atoms with Gasteiger partial charge in [0, 0.05) is 44.0 Å². The average molecular weight is 278 g/mol. The van der Waals surface area contributed by atoms with E-state index in [9.17, 15) is 4.79 Å². The molecule has 0 spiro atoms. The number of likely N-dealkylation sites (tertiary alicyclic amines) is 1. The fraction of sp³-hybridized carbons (Fsp3) is 0.733. The number of nitrogens with one attached hydrogen (secondary N) is 1. The minimum absolute atomic E-state index is 0.0679. The summed E-state index contributed by atoms with van der Waals surface area (Å²) >= 11 is 0. The third kappa shape index (κ3) is 3.14. The summed E-state index contributed by atoms with van der Waals surface area (Å²) in [5.41, 5.74) is 1.22. The van der Waals surface area contributed by atoms with Crippen molar-refractivity contribution < 1.29 is 4.79 Å². The van der Waals surface area contributed by atoms with Gasteiger partial charge in [0.1, 0.15) is 5.82 Å². The van der Waals surface area contributed by atoms with Crippen molar-refractivity contribution in [1.29, 1.82) is 0 Å². The topological polar surface area (TPSA) is 50.2 Å². The molecule has 5 nitrogen and oxygen atoms in total. The van der Waals surface area contributed by atoms with Gasteiger partial charge in [-0.25, -0.2) is 9.78 Å². The number of rotatable bonds is 4. The van der Waals surface area contributed by atoms with Crippen LogP contribution in [0.4, 0.5) is 4.79 Å². The lowest BCUT2D eigenvalue weighted by atomic mass is 10.0. The van der Waals surface area contributed by atoms with E-state index in [2.05, 4.69) is 35.6 Å². The summed E-state index contributed by atoms with van der Waals surface area (Å²) in [7, 11) is 0. The molecule has 2 rings (SSSR count). The van der Waals surface area contributed by atoms with Crippen LogP contribution in [0.3, 0.4) is 0 Å².